The van der Waals surface area contributed by atoms with Crippen molar-refractivity contribution in [3.63, 3.8) is 0 Å². The second-order valence-electron chi connectivity index (χ2n) is 7.35. The average molecular weight is 254 g/mol. The van der Waals surface area contributed by atoms with Crippen LogP contribution >= 0.6 is 0 Å². The number of hydrogen-bond acceptors (Lipinski definition) is 3. The second kappa shape index (κ2) is 5.48. The fraction of sp³-hybridized carbons (Fsp3) is 1.00. The van der Waals surface area contributed by atoms with E-state index in [1.54, 1.807) is 0 Å². The molecule has 2 rings (SSSR count). The number of nitrogens with zero attached hydrogens (tertiary/aromatic N) is 1. The lowest BCUT2D eigenvalue weighted by Crippen LogP contribution is -2.64. The summed E-state index contributed by atoms with van der Waals surface area (Å²) in [4.78, 5) is 2.73. The van der Waals surface area contributed by atoms with Crippen molar-refractivity contribution >= 4 is 0 Å². The van der Waals surface area contributed by atoms with Gasteiger partial charge in [0, 0.05) is 37.8 Å². The van der Waals surface area contributed by atoms with E-state index < -0.39 is 0 Å². The van der Waals surface area contributed by atoms with E-state index in [4.69, 9.17) is 4.74 Å². The predicted octanol–water partition coefficient (Wildman–Crippen LogP) is 2.12. The normalized spacial score (nSPS) is 35.3. The Balaban J connectivity index is 2.10. The fourth-order valence-electron chi connectivity index (χ4n) is 3.24. The molecule has 3 unspecified atom stereocenters. The van der Waals surface area contributed by atoms with Gasteiger partial charge in [0.25, 0.3) is 0 Å². The molecular weight excluding hydrogens is 224 g/mol. The Morgan fingerprint density at radius 1 is 1.28 bits per heavy atom. The van der Waals surface area contributed by atoms with Crippen LogP contribution in [-0.2, 0) is 4.74 Å². The van der Waals surface area contributed by atoms with Gasteiger partial charge in [0.15, 0.2) is 0 Å². The van der Waals surface area contributed by atoms with Crippen LogP contribution in [0.3, 0.4) is 0 Å². The third-order valence-corrected chi connectivity index (χ3v) is 4.56. The minimum atomic E-state index is 0.331. The molecule has 2 aliphatic heterocycles. The summed E-state index contributed by atoms with van der Waals surface area (Å²) in [5.74, 6) is 0.704. The molecule has 3 atom stereocenters. The van der Waals surface area contributed by atoms with Gasteiger partial charge in [-0.1, -0.05) is 34.6 Å². The third kappa shape index (κ3) is 3.06. The number of nitrogens with one attached hydrogen (secondary N) is 1. The summed E-state index contributed by atoms with van der Waals surface area (Å²) in [6.07, 6.45) is 1.21. The van der Waals surface area contributed by atoms with Crippen LogP contribution in [0.1, 0.15) is 41.0 Å². The zero-order chi connectivity index (χ0) is 13.3. The van der Waals surface area contributed by atoms with Gasteiger partial charge in [0.1, 0.15) is 0 Å². The van der Waals surface area contributed by atoms with Crippen LogP contribution < -0.4 is 5.32 Å². The minimum Gasteiger partial charge on any atom is -0.380 e. The summed E-state index contributed by atoms with van der Waals surface area (Å²) in [5, 5.41) is 3.75. The van der Waals surface area contributed by atoms with Crippen LogP contribution in [0.2, 0.25) is 0 Å². The predicted molar refractivity (Wildman–Crippen MR) is 75.8 cm³/mol. The lowest BCUT2D eigenvalue weighted by Gasteiger charge is -2.49. The van der Waals surface area contributed by atoms with E-state index in [-0.39, 0.29) is 0 Å². The molecule has 106 valence electrons. The Morgan fingerprint density at radius 2 is 2.00 bits per heavy atom. The topological polar surface area (TPSA) is 24.5 Å². The molecule has 2 heterocycles. The smallest absolute Gasteiger partial charge is 0.0622 e. The highest BCUT2D eigenvalue weighted by molar-refractivity contribution is 4.96. The van der Waals surface area contributed by atoms with Crippen LogP contribution in [-0.4, -0.2) is 49.3 Å². The van der Waals surface area contributed by atoms with Crippen molar-refractivity contribution in [2.24, 2.45) is 11.3 Å². The Labute approximate surface area is 112 Å². The molecule has 2 aliphatic rings. The second-order valence-corrected chi connectivity index (χ2v) is 7.35. The van der Waals surface area contributed by atoms with E-state index in [2.05, 4.69) is 44.8 Å². The van der Waals surface area contributed by atoms with Crippen molar-refractivity contribution in [2.45, 2.75) is 59.2 Å². The van der Waals surface area contributed by atoms with Crippen molar-refractivity contribution in [3.8, 4) is 0 Å². The molecule has 1 N–H and O–H groups in total. The molecule has 0 aromatic heterocycles. The summed E-state index contributed by atoms with van der Waals surface area (Å²) in [6, 6.07) is 1.89. The van der Waals surface area contributed by atoms with E-state index in [0.717, 1.165) is 19.8 Å². The van der Waals surface area contributed by atoms with Gasteiger partial charge in [-0.15, -0.1) is 0 Å². The third-order valence-electron chi connectivity index (χ3n) is 4.56. The first kappa shape index (κ1) is 14.3. The van der Waals surface area contributed by atoms with Crippen LogP contribution in [0.15, 0.2) is 0 Å². The van der Waals surface area contributed by atoms with Crippen molar-refractivity contribution in [2.75, 3.05) is 26.3 Å². The van der Waals surface area contributed by atoms with E-state index in [1.807, 2.05) is 0 Å². The lowest BCUT2D eigenvalue weighted by atomic mass is 9.82. The SMILES string of the molecule is CC(C)C1CN(C2CCOC2)C(C(C)(C)C)CN1. The van der Waals surface area contributed by atoms with Crippen LogP contribution in [0, 0.1) is 11.3 Å². The molecule has 0 aromatic carbocycles. The highest BCUT2D eigenvalue weighted by Crippen LogP contribution is 2.31. The summed E-state index contributed by atoms with van der Waals surface area (Å²) < 4.78 is 5.60. The maximum atomic E-state index is 5.60. The van der Waals surface area contributed by atoms with Crippen molar-refractivity contribution < 1.29 is 4.74 Å². The number of hydrogen-bond donors (Lipinski definition) is 1. The standard InChI is InChI=1S/C15H30N2O/c1-11(2)13-9-17(12-6-7-18-10-12)14(8-16-13)15(3,4)5/h11-14,16H,6-10H2,1-5H3. The van der Waals surface area contributed by atoms with Gasteiger partial charge < -0.3 is 10.1 Å². The molecule has 0 radical (unpaired) electrons. The van der Waals surface area contributed by atoms with E-state index in [1.165, 1.54) is 13.0 Å². The monoisotopic (exact) mass is 254 g/mol. The summed E-state index contributed by atoms with van der Waals surface area (Å²) in [6.45, 7) is 15.9. The van der Waals surface area contributed by atoms with Gasteiger partial charge in [-0.2, -0.15) is 0 Å². The number of piperazine rings is 1. The molecule has 2 saturated heterocycles. The Bertz CT molecular complexity index is 266. The lowest BCUT2D eigenvalue weighted by molar-refractivity contribution is 0.00908. The first-order valence-electron chi connectivity index (χ1n) is 7.46. The van der Waals surface area contributed by atoms with Crippen LogP contribution in [0.25, 0.3) is 0 Å². The maximum absolute atomic E-state index is 5.60. The molecule has 0 spiro atoms. The number of rotatable bonds is 2. The quantitative estimate of drug-likeness (QED) is 0.817. The fourth-order valence-corrected chi connectivity index (χ4v) is 3.24. The largest absolute Gasteiger partial charge is 0.380 e. The Kier molecular flexibility index (Phi) is 4.35. The van der Waals surface area contributed by atoms with Gasteiger partial charge in [-0.25, -0.2) is 0 Å². The Hall–Kier alpha value is -0.120. The molecule has 3 heteroatoms. The van der Waals surface area contributed by atoms with E-state index in [0.29, 0.717) is 29.5 Å². The van der Waals surface area contributed by atoms with Gasteiger partial charge in [-0.05, 0) is 17.8 Å². The molecule has 2 fully saturated rings. The zero-order valence-electron chi connectivity index (χ0n) is 12.7. The molecule has 0 saturated carbocycles. The molecule has 0 aliphatic carbocycles. The van der Waals surface area contributed by atoms with E-state index in [9.17, 15) is 0 Å². The van der Waals surface area contributed by atoms with Gasteiger partial charge >= 0.3 is 0 Å². The van der Waals surface area contributed by atoms with Gasteiger partial charge in [-0.3, -0.25) is 4.90 Å². The molecule has 0 bridgehead atoms. The molecular formula is C15H30N2O. The average Bonchev–Trinajstić information content (AvgIpc) is 2.80. The van der Waals surface area contributed by atoms with Crippen molar-refractivity contribution in [1.29, 1.82) is 0 Å². The number of ether oxygens (including phenoxy) is 1. The maximum Gasteiger partial charge on any atom is 0.0622 e. The van der Waals surface area contributed by atoms with Crippen molar-refractivity contribution in [3.05, 3.63) is 0 Å². The van der Waals surface area contributed by atoms with Crippen LogP contribution in [0.4, 0.5) is 0 Å². The minimum absolute atomic E-state index is 0.331. The highest BCUT2D eigenvalue weighted by Gasteiger charge is 2.40. The van der Waals surface area contributed by atoms with Crippen LogP contribution in [0.5, 0.6) is 0 Å². The zero-order valence-corrected chi connectivity index (χ0v) is 12.7. The van der Waals surface area contributed by atoms with Crippen molar-refractivity contribution in [1.82, 2.24) is 10.2 Å². The molecule has 18 heavy (non-hydrogen) atoms. The molecule has 0 aromatic rings. The van der Waals surface area contributed by atoms with Gasteiger partial charge in [0.2, 0.25) is 0 Å². The molecule has 3 nitrogen and oxygen atoms in total. The Morgan fingerprint density at radius 3 is 2.50 bits per heavy atom. The summed E-state index contributed by atoms with van der Waals surface area (Å²) in [5.41, 5.74) is 0.331. The molecule has 0 amide bonds. The van der Waals surface area contributed by atoms with Gasteiger partial charge in [0.05, 0.1) is 6.61 Å². The first-order valence-corrected chi connectivity index (χ1v) is 7.46. The summed E-state index contributed by atoms with van der Waals surface area (Å²) in [7, 11) is 0. The highest BCUT2D eigenvalue weighted by atomic mass is 16.5. The summed E-state index contributed by atoms with van der Waals surface area (Å²) >= 11 is 0. The first-order chi connectivity index (χ1) is 8.39. The van der Waals surface area contributed by atoms with E-state index >= 15 is 0 Å².